The third-order valence-corrected chi connectivity index (χ3v) is 5.72. The fourth-order valence-electron chi connectivity index (χ4n) is 2.82. The summed E-state index contributed by atoms with van der Waals surface area (Å²) < 4.78 is 29.1. The SMILES string of the molecule is CCn1cc(S(=O)(=O)N2CCc3ccccc32)cc1CN. The average molecular weight is 305 g/mol. The lowest BCUT2D eigenvalue weighted by Gasteiger charge is -2.18. The van der Waals surface area contributed by atoms with Crippen LogP contribution in [0.1, 0.15) is 18.2 Å². The summed E-state index contributed by atoms with van der Waals surface area (Å²) in [4.78, 5) is 0.321. The molecule has 2 aromatic rings. The van der Waals surface area contributed by atoms with Gasteiger partial charge in [0.2, 0.25) is 0 Å². The van der Waals surface area contributed by atoms with Crippen LogP contribution in [0, 0.1) is 0 Å². The minimum Gasteiger partial charge on any atom is -0.349 e. The number of hydrogen-bond acceptors (Lipinski definition) is 3. The van der Waals surface area contributed by atoms with Gasteiger partial charge in [-0.25, -0.2) is 8.42 Å². The number of para-hydroxylation sites is 1. The van der Waals surface area contributed by atoms with E-state index in [9.17, 15) is 8.42 Å². The second-order valence-electron chi connectivity index (χ2n) is 5.11. The van der Waals surface area contributed by atoms with E-state index >= 15 is 0 Å². The Morgan fingerprint density at radius 1 is 1.29 bits per heavy atom. The van der Waals surface area contributed by atoms with Gasteiger partial charge in [0.1, 0.15) is 4.90 Å². The zero-order valence-corrected chi connectivity index (χ0v) is 12.8. The molecule has 0 radical (unpaired) electrons. The highest BCUT2D eigenvalue weighted by Gasteiger charge is 2.31. The van der Waals surface area contributed by atoms with Crippen molar-refractivity contribution in [1.29, 1.82) is 0 Å². The number of rotatable bonds is 4. The summed E-state index contributed by atoms with van der Waals surface area (Å²) in [5.41, 5.74) is 8.39. The fourth-order valence-corrected chi connectivity index (χ4v) is 4.39. The molecule has 0 spiro atoms. The van der Waals surface area contributed by atoms with Crippen LogP contribution in [-0.4, -0.2) is 19.5 Å². The zero-order valence-electron chi connectivity index (χ0n) is 12.0. The topological polar surface area (TPSA) is 68.3 Å². The van der Waals surface area contributed by atoms with Crippen molar-refractivity contribution >= 4 is 15.7 Å². The molecule has 0 amide bonds. The standard InChI is InChI=1S/C15H19N3O2S/c1-2-17-11-14(9-13(17)10-16)21(19,20)18-8-7-12-5-3-4-6-15(12)18/h3-6,9,11H,2,7-8,10,16H2,1H3. The quantitative estimate of drug-likeness (QED) is 0.935. The van der Waals surface area contributed by atoms with Gasteiger partial charge in [0.05, 0.1) is 5.69 Å². The van der Waals surface area contributed by atoms with E-state index in [1.165, 1.54) is 4.31 Å². The molecular weight excluding hydrogens is 286 g/mol. The molecule has 1 aromatic carbocycles. The van der Waals surface area contributed by atoms with Gasteiger partial charge in [0, 0.05) is 31.5 Å². The van der Waals surface area contributed by atoms with E-state index in [4.69, 9.17) is 5.73 Å². The van der Waals surface area contributed by atoms with Gasteiger partial charge in [0.15, 0.2) is 0 Å². The summed E-state index contributed by atoms with van der Waals surface area (Å²) in [6.45, 7) is 3.51. The lowest BCUT2D eigenvalue weighted by atomic mass is 10.2. The summed E-state index contributed by atoms with van der Waals surface area (Å²) in [7, 11) is -3.52. The van der Waals surface area contributed by atoms with Crippen molar-refractivity contribution in [1.82, 2.24) is 4.57 Å². The Kier molecular flexibility index (Phi) is 3.51. The summed E-state index contributed by atoms with van der Waals surface area (Å²) in [5, 5.41) is 0. The van der Waals surface area contributed by atoms with E-state index in [2.05, 4.69) is 0 Å². The Morgan fingerprint density at radius 3 is 2.71 bits per heavy atom. The molecule has 1 aromatic heterocycles. The molecule has 0 unspecified atom stereocenters. The second kappa shape index (κ2) is 5.20. The number of anilines is 1. The number of hydrogen-bond donors (Lipinski definition) is 1. The molecule has 0 saturated heterocycles. The van der Waals surface area contributed by atoms with Gasteiger partial charge < -0.3 is 10.3 Å². The number of aromatic nitrogens is 1. The van der Waals surface area contributed by atoms with Crippen molar-refractivity contribution in [2.75, 3.05) is 10.8 Å². The number of fused-ring (bicyclic) bond motifs is 1. The molecule has 0 saturated carbocycles. The molecule has 1 aliphatic rings. The van der Waals surface area contributed by atoms with Crippen molar-refractivity contribution in [3.63, 3.8) is 0 Å². The fraction of sp³-hybridized carbons (Fsp3) is 0.333. The van der Waals surface area contributed by atoms with Gasteiger partial charge in [-0.05, 0) is 31.0 Å². The molecule has 0 fully saturated rings. The Balaban J connectivity index is 2.04. The summed E-state index contributed by atoms with van der Waals surface area (Å²) in [6, 6.07) is 9.33. The molecule has 0 aliphatic carbocycles. The highest BCUT2D eigenvalue weighted by atomic mass is 32.2. The van der Waals surface area contributed by atoms with Crippen LogP contribution in [0.15, 0.2) is 41.4 Å². The predicted octanol–water partition coefficient (Wildman–Crippen LogP) is 1.72. The minimum absolute atomic E-state index is 0.321. The van der Waals surface area contributed by atoms with Crippen molar-refractivity contribution in [3.8, 4) is 0 Å². The highest BCUT2D eigenvalue weighted by molar-refractivity contribution is 7.92. The predicted molar refractivity (Wildman–Crippen MR) is 82.7 cm³/mol. The lowest BCUT2D eigenvalue weighted by Crippen LogP contribution is -2.28. The normalized spacial score (nSPS) is 14.5. The molecular formula is C15H19N3O2S. The Bertz CT molecular complexity index is 743. The summed E-state index contributed by atoms with van der Waals surface area (Å²) >= 11 is 0. The molecule has 21 heavy (non-hydrogen) atoms. The van der Waals surface area contributed by atoms with Crippen molar-refractivity contribution in [2.24, 2.45) is 5.73 Å². The molecule has 2 N–H and O–H groups in total. The Hall–Kier alpha value is -1.79. The van der Waals surface area contributed by atoms with Gasteiger partial charge in [-0.3, -0.25) is 4.31 Å². The first-order chi connectivity index (χ1) is 10.1. The van der Waals surface area contributed by atoms with E-state index in [0.29, 0.717) is 24.5 Å². The maximum Gasteiger partial charge on any atom is 0.265 e. The van der Waals surface area contributed by atoms with Crippen LogP contribution in [-0.2, 0) is 29.5 Å². The maximum absolute atomic E-state index is 12.9. The third-order valence-electron chi connectivity index (χ3n) is 3.94. The largest absolute Gasteiger partial charge is 0.349 e. The minimum atomic E-state index is -3.52. The van der Waals surface area contributed by atoms with E-state index in [1.54, 1.807) is 12.3 Å². The molecule has 0 bridgehead atoms. The number of nitrogens with two attached hydrogens (primary N) is 1. The van der Waals surface area contributed by atoms with Crippen LogP contribution in [0.4, 0.5) is 5.69 Å². The lowest BCUT2D eigenvalue weighted by molar-refractivity contribution is 0.592. The Labute approximate surface area is 125 Å². The monoisotopic (exact) mass is 305 g/mol. The van der Waals surface area contributed by atoms with Crippen molar-refractivity contribution < 1.29 is 8.42 Å². The third kappa shape index (κ3) is 2.24. The van der Waals surface area contributed by atoms with Gasteiger partial charge in [0.25, 0.3) is 10.0 Å². The number of benzene rings is 1. The highest BCUT2D eigenvalue weighted by Crippen LogP contribution is 2.33. The smallest absolute Gasteiger partial charge is 0.265 e. The number of nitrogens with zero attached hydrogens (tertiary/aromatic N) is 2. The maximum atomic E-state index is 12.9. The van der Waals surface area contributed by atoms with Crippen LogP contribution in [0.3, 0.4) is 0 Å². The van der Waals surface area contributed by atoms with Crippen molar-refractivity contribution in [2.45, 2.75) is 31.3 Å². The molecule has 5 nitrogen and oxygen atoms in total. The molecule has 3 rings (SSSR count). The zero-order chi connectivity index (χ0) is 15.0. The molecule has 1 aliphatic heterocycles. The molecule has 2 heterocycles. The van der Waals surface area contributed by atoms with Crippen LogP contribution in [0.2, 0.25) is 0 Å². The molecule has 112 valence electrons. The average Bonchev–Trinajstić information content (AvgIpc) is 3.11. The van der Waals surface area contributed by atoms with E-state index < -0.39 is 10.0 Å². The number of sulfonamides is 1. The van der Waals surface area contributed by atoms with Gasteiger partial charge >= 0.3 is 0 Å². The molecule has 0 atom stereocenters. The Morgan fingerprint density at radius 2 is 2.05 bits per heavy atom. The second-order valence-corrected chi connectivity index (χ2v) is 6.98. The van der Waals surface area contributed by atoms with Crippen molar-refractivity contribution in [3.05, 3.63) is 47.8 Å². The summed E-state index contributed by atoms with van der Waals surface area (Å²) in [6.07, 6.45) is 2.44. The van der Waals surface area contributed by atoms with Gasteiger partial charge in [-0.1, -0.05) is 18.2 Å². The van der Waals surface area contributed by atoms with Gasteiger partial charge in [-0.15, -0.1) is 0 Å². The number of aryl methyl sites for hydroxylation is 1. The van der Waals surface area contributed by atoms with E-state index in [0.717, 1.165) is 23.4 Å². The van der Waals surface area contributed by atoms with E-state index in [1.807, 2.05) is 35.8 Å². The summed E-state index contributed by atoms with van der Waals surface area (Å²) in [5.74, 6) is 0. The first-order valence-electron chi connectivity index (χ1n) is 7.07. The first-order valence-corrected chi connectivity index (χ1v) is 8.51. The molecule has 6 heteroatoms. The van der Waals surface area contributed by atoms with Crippen LogP contribution >= 0.6 is 0 Å². The van der Waals surface area contributed by atoms with Crippen LogP contribution < -0.4 is 10.0 Å². The van der Waals surface area contributed by atoms with Crippen LogP contribution in [0.25, 0.3) is 0 Å². The van der Waals surface area contributed by atoms with E-state index in [-0.39, 0.29) is 0 Å². The van der Waals surface area contributed by atoms with Crippen LogP contribution in [0.5, 0.6) is 0 Å². The first kappa shape index (κ1) is 14.2. The van der Waals surface area contributed by atoms with Gasteiger partial charge in [-0.2, -0.15) is 0 Å².